The van der Waals surface area contributed by atoms with Crippen molar-refractivity contribution in [2.24, 2.45) is 0 Å². The average molecular weight is 321 g/mol. The Morgan fingerprint density at radius 3 is 2.68 bits per heavy atom. The summed E-state index contributed by atoms with van der Waals surface area (Å²) in [7, 11) is 0. The topological polar surface area (TPSA) is 46.5 Å². The molecule has 1 N–H and O–H groups in total. The van der Waals surface area contributed by atoms with Crippen molar-refractivity contribution in [1.29, 1.82) is 0 Å². The Bertz CT molecular complexity index is 608. The van der Waals surface area contributed by atoms with Crippen molar-refractivity contribution in [3.8, 4) is 5.75 Å². The minimum Gasteiger partial charge on any atom is -0.489 e. The second-order valence-electron chi connectivity index (χ2n) is 4.22. The van der Waals surface area contributed by atoms with Gasteiger partial charge in [0.15, 0.2) is 0 Å². The lowest BCUT2D eigenvalue weighted by molar-refractivity contribution is 0.0696. The highest BCUT2D eigenvalue weighted by atomic mass is 79.9. The molecule has 0 spiro atoms. The highest BCUT2D eigenvalue weighted by molar-refractivity contribution is 9.10. The van der Waals surface area contributed by atoms with Gasteiger partial charge in [-0.2, -0.15) is 0 Å². The zero-order valence-corrected chi connectivity index (χ0v) is 12.0. The molecule has 0 aliphatic heterocycles. The lowest BCUT2D eigenvalue weighted by Gasteiger charge is -2.09. The van der Waals surface area contributed by atoms with Crippen LogP contribution in [0.3, 0.4) is 0 Å². The zero-order chi connectivity index (χ0) is 13.8. The van der Waals surface area contributed by atoms with Crippen molar-refractivity contribution in [2.75, 3.05) is 0 Å². The van der Waals surface area contributed by atoms with Crippen LogP contribution in [-0.2, 0) is 6.61 Å². The monoisotopic (exact) mass is 320 g/mol. The fourth-order valence-electron chi connectivity index (χ4n) is 1.66. The van der Waals surface area contributed by atoms with Gasteiger partial charge in [-0.05, 0) is 36.8 Å². The van der Waals surface area contributed by atoms with Crippen LogP contribution in [0.2, 0.25) is 0 Å². The van der Waals surface area contributed by atoms with Crippen LogP contribution in [0.4, 0.5) is 0 Å². The number of benzene rings is 2. The van der Waals surface area contributed by atoms with Crippen molar-refractivity contribution in [3.05, 3.63) is 63.6 Å². The van der Waals surface area contributed by atoms with E-state index in [0.717, 1.165) is 21.3 Å². The number of aryl methyl sites for hydroxylation is 1. The molecule has 4 heteroatoms. The Morgan fingerprint density at radius 2 is 2.05 bits per heavy atom. The number of ether oxygens (including phenoxy) is 1. The maximum Gasteiger partial charge on any atom is 0.335 e. The third kappa shape index (κ3) is 3.58. The molecule has 19 heavy (non-hydrogen) atoms. The van der Waals surface area contributed by atoms with Crippen LogP contribution in [0, 0.1) is 6.92 Å². The van der Waals surface area contributed by atoms with Gasteiger partial charge >= 0.3 is 5.97 Å². The summed E-state index contributed by atoms with van der Waals surface area (Å²) in [4.78, 5) is 10.8. The molecule has 0 aliphatic carbocycles. The molecule has 0 radical (unpaired) electrons. The van der Waals surface area contributed by atoms with Gasteiger partial charge in [0.25, 0.3) is 0 Å². The molecule has 0 unspecified atom stereocenters. The number of rotatable bonds is 4. The van der Waals surface area contributed by atoms with E-state index in [4.69, 9.17) is 9.84 Å². The molecule has 98 valence electrons. The first-order valence-corrected chi connectivity index (χ1v) is 6.57. The van der Waals surface area contributed by atoms with Crippen LogP contribution >= 0.6 is 15.9 Å². The minimum atomic E-state index is -0.938. The van der Waals surface area contributed by atoms with Crippen molar-refractivity contribution >= 4 is 21.9 Å². The highest BCUT2D eigenvalue weighted by Crippen LogP contribution is 2.21. The molecular weight excluding hydrogens is 308 g/mol. The van der Waals surface area contributed by atoms with E-state index in [1.807, 2.05) is 31.2 Å². The maximum absolute atomic E-state index is 10.8. The van der Waals surface area contributed by atoms with E-state index in [9.17, 15) is 4.79 Å². The molecule has 0 aliphatic rings. The normalized spacial score (nSPS) is 10.2. The number of hydrogen-bond acceptors (Lipinski definition) is 2. The predicted octanol–water partition coefficient (Wildman–Crippen LogP) is 4.03. The first-order valence-electron chi connectivity index (χ1n) is 5.77. The average Bonchev–Trinajstić information content (AvgIpc) is 2.37. The molecule has 0 aromatic heterocycles. The summed E-state index contributed by atoms with van der Waals surface area (Å²) < 4.78 is 6.41. The van der Waals surface area contributed by atoms with Crippen LogP contribution in [0.15, 0.2) is 46.9 Å². The number of hydrogen-bond donors (Lipinski definition) is 1. The molecule has 0 amide bonds. The Kier molecular flexibility index (Phi) is 4.22. The van der Waals surface area contributed by atoms with Gasteiger partial charge in [0.1, 0.15) is 12.4 Å². The molecule has 0 saturated heterocycles. The van der Waals surface area contributed by atoms with E-state index in [-0.39, 0.29) is 5.56 Å². The van der Waals surface area contributed by atoms with Crippen molar-refractivity contribution in [2.45, 2.75) is 13.5 Å². The summed E-state index contributed by atoms with van der Waals surface area (Å²) in [6.07, 6.45) is 0. The van der Waals surface area contributed by atoms with Crippen LogP contribution in [0.25, 0.3) is 0 Å². The van der Waals surface area contributed by atoms with Crippen molar-refractivity contribution in [3.63, 3.8) is 0 Å². The van der Waals surface area contributed by atoms with E-state index >= 15 is 0 Å². The quantitative estimate of drug-likeness (QED) is 0.924. The Morgan fingerprint density at radius 1 is 1.26 bits per heavy atom. The van der Waals surface area contributed by atoms with Gasteiger partial charge < -0.3 is 9.84 Å². The fourth-order valence-corrected chi connectivity index (χ4v) is 2.16. The van der Waals surface area contributed by atoms with E-state index in [0.29, 0.717) is 6.61 Å². The molecule has 2 aromatic rings. The molecule has 0 saturated carbocycles. The second kappa shape index (κ2) is 5.89. The lowest BCUT2D eigenvalue weighted by Crippen LogP contribution is -2.00. The number of aromatic carboxylic acids is 1. The van der Waals surface area contributed by atoms with E-state index in [1.54, 1.807) is 18.2 Å². The summed E-state index contributed by atoms with van der Waals surface area (Å²) in [5.41, 5.74) is 2.30. The molecular formula is C15H13BrO3. The third-order valence-electron chi connectivity index (χ3n) is 2.68. The van der Waals surface area contributed by atoms with Gasteiger partial charge in [0, 0.05) is 10.0 Å². The minimum absolute atomic E-state index is 0.256. The molecule has 0 bridgehead atoms. The summed E-state index contributed by atoms with van der Waals surface area (Å²) in [6.45, 7) is 2.40. The van der Waals surface area contributed by atoms with E-state index < -0.39 is 5.97 Å². The zero-order valence-electron chi connectivity index (χ0n) is 10.4. The van der Waals surface area contributed by atoms with Crippen molar-refractivity contribution < 1.29 is 14.6 Å². The van der Waals surface area contributed by atoms with Crippen molar-refractivity contribution in [1.82, 2.24) is 0 Å². The number of halogens is 1. The smallest absolute Gasteiger partial charge is 0.335 e. The van der Waals surface area contributed by atoms with Crippen LogP contribution in [0.5, 0.6) is 5.75 Å². The van der Waals surface area contributed by atoms with Gasteiger partial charge in [-0.1, -0.05) is 34.1 Å². The van der Waals surface area contributed by atoms with E-state index in [1.165, 1.54) is 0 Å². The molecule has 2 aromatic carbocycles. The lowest BCUT2D eigenvalue weighted by atomic mass is 10.1. The second-order valence-corrected chi connectivity index (χ2v) is 5.07. The number of carboxylic acid groups (broad SMARTS) is 1. The highest BCUT2D eigenvalue weighted by Gasteiger charge is 2.07. The first-order chi connectivity index (χ1) is 9.06. The van der Waals surface area contributed by atoms with Crippen LogP contribution in [-0.4, -0.2) is 11.1 Å². The van der Waals surface area contributed by atoms with Gasteiger partial charge in [-0.25, -0.2) is 4.79 Å². The Balaban J connectivity index is 2.10. The predicted molar refractivity (Wildman–Crippen MR) is 76.6 cm³/mol. The third-order valence-corrected chi connectivity index (χ3v) is 3.42. The van der Waals surface area contributed by atoms with Gasteiger partial charge in [-0.3, -0.25) is 0 Å². The standard InChI is InChI=1S/C15H13BrO3/c1-10-3-2-4-13(7-10)19-9-12-6-5-11(15(17)18)8-14(12)16/h2-8H,9H2,1H3,(H,17,18). The molecule has 0 atom stereocenters. The molecule has 0 fully saturated rings. The Labute approximate surface area is 120 Å². The molecule has 3 nitrogen and oxygen atoms in total. The van der Waals surface area contributed by atoms with Crippen LogP contribution in [0.1, 0.15) is 21.5 Å². The first kappa shape index (κ1) is 13.6. The Hall–Kier alpha value is -1.81. The summed E-state index contributed by atoms with van der Waals surface area (Å²) in [5, 5.41) is 8.89. The largest absolute Gasteiger partial charge is 0.489 e. The summed E-state index contributed by atoms with van der Waals surface area (Å²) in [6, 6.07) is 12.7. The fraction of sp³-hybridized carbons (Fsp3) is 0.133. The number of carbonyl (C=O) groups is 1. The van der Waals surface area contributed by atoms with E-state index in [2.05, 4.69) is 15.9 Å². The SMILES string of the molecule is Cc1cccc(OCc2ccc(C(=O)O)cc2Br)c1. The summed E-state index contributed by atoms with van der Waals surface area (Å²) in [5.74, 6) is -0.138. The molecule has 0 heterocycles. The van der Waals surface area contributed by atoms with Crippen LogP contribution < -0.4 is 4.74 Å². The van der Waals surface area contributed by atoms with Gasteiger partial charge in [0.05, 0.1) is 5.56 Å². The maximum atomic E-state index is 10.8. The molecule has 2 rings (SSSR count). The van der Waals surface area contributed by atoms with Gasteiger partial charge in [-0.15, -0.1) is 0 Å². The summed E-state index contributed by atoms with van der Waals surface area (Å²) >= 11 is 3.36. The number of carboxylic acids is 1. The van der Waals surface area contributed by atoms with Gasteiger partial charge in [0.2, 0.25) is 0 Å².